The van der Waals surface area contributed by atoms with E-state index in [1.165, 1.54) is 0 Å². The topological polar surface area (TPSA) is 94.2 Å². The molecular weight excluding hydrogens is 282 g/mol. The van der Waals surface area contributed by atoms with Gasteiger partial charge in [-0.15, -0.1) is 0 Å². The second-order valence-corrected chi connectivity index (χ2v) is 5.45. The molecule has 2 rings (SSSR count). The third-order valence-corrected chi connectivity index (χ3v) is 3.39. The average molecular weight is 303 g/mol. The molecule has 0 spiro atoms. The Morgan fingerprint density at radius 2 is 2.05 bits per heavy atom. The van der Waals surface area contributed by atoms with Crippen LogP contribution in [0.15, 0.2) is 24.3 Å². The van der Waals surface area contributed by atoms with Crippen LogP contribution in [-0.2, 0) is 9.59 Å². The van der Waals surface area contributed by atoms with E-state index in [-0.39, 0.29) is 12.6 Å². The fourth-order valence-electron chi connectivity index (χ4n) is 2.30. The quantitative estimate of drug-likeness (QED) is 0.633. The van der Waals surface area contributed by atoms with Gasteiger partial charge in [0.25, 0.3) is 0 Å². The number of rotatable bonds is 5. The van der Waals surface area contributed by atoms with Crippen LogP contribution in [0.2, 0.25) is 0 Å². The fraction of sp³-hybridized carbons (Fsp3) is 0.375. The number of hydrogen-bond acceptors (Lipinski definition) is 3. The second-order valence-electron chi connectivity index (χ2n) is 5.45. The lowest BCUT2D eigenvalue weighted by Gasteiger charge is -2.13. The monoisotopic (exact) mass is 303 g/mol. The molecule has 1 unspecified atom stereocenters. The SMILES string of the molecule is Cc1cc2cc(NC(=O)C(=O)NC(C)CCCO)ccc2[nH]1. The Kier molecular flexibility index (Phi) is 5.16. The van der Waals surface area contributed by atoms with Gasteiger partial charge in [-0.1, -0.05) is 0 Å². The van der Waals surface area contributed by atoms with E-state index in [4.69, 9.17) is 5.11 Å². The Labute approximate surface area is 128 Å². The summed E-state index contributed by atoms with van der Waals surface area (Å²) in [4.78, 5) is 26.9. The summed E-state index contributed by atoms with van der Waals surface area (Å²) >= 11 is 0. The molecule has 6 heteroatoms. The molecule has 1 aromatic carbocycles. The molecule has 0 aliphatic rings. The van der Waals surface area contributed by atoms with Crippen molar-refractivity contribution >= 4 is 28.4 Å². The van der Waals surface area contributed by atoms with Crippen molar-refractivity contribution < 1.29 is 14.7 Å². The summed E-state index contributed by atoms with van der Waals surface area (Å²) in [5.74, 6) is -1.36. The zero-order valence-corrected chi connectivity index (χ0v) is 12.8. The maximum Gasteiger partial charge on any atom is 0.313 e. The molecule has 2 aromatic rings. The summed E-state index contributed by atoms with van der Waals surface area (Å²) in [5.41, 5.74) is 2.60. The molecule has 0 bridgehead atoms. The fourth-order valence-corrected chi connectivity index (χ4v) is 2.30. The average Bonchev–Trinajstić information content (AvgIpc) is 2.84. The van der Waals surface area contributed by atoms with Gasteiger partial charge in [-0.2, -0.15) is 0 Å². The van der Waals surface area contributed by atoms with Crippen molar-refractivity contribution in [3.05, 3.63) is 30.0 Å². The van der Waals surface area contributed by atoms with Crippen molar-refractivity contribution in [3.63, 3.8) is 0 Å². The highest BCUT2D eigenvalue weighted by Crippen LogP contribution is 2.19. The Morgan fingerprint density at radius 3 is 2.77 bits per heavy atom. The Morgan fingerprint density at radius 1 is 1.27 bits per heavy atom. The second kappa shape index (κ2) is 7.09. The molecule has 6 nitrogen and oxygen atoms in total. The predicted molar refractivity (Wildman–Crippen MR) is 85.6 cm³/mol. The lowest BCUT2D eigenvalue weighted by atomic mass is 10.2. The molecular formula is C16H21N3O3. The van der Waals surface area contributed by atoms with Crippen LogP contribution in [0.4, 0.5) is 5.69 Å². The largest absolute Gasteiger partial charge is 0.396 e. The van der Waals surface area contributed by atoms with Crippen molar-refractivity contribution in [2.75, 3.05) is 11.9 Å². The summed E-state index contributed by atoms with van der Waals surface area (Å²) in [6, 6.07) is 7.25. The Hall–Kier alpha value is -2.34. The van der Waals surface area contributed by atoms with Gasteiger partial charge in [-0.3, -0.25) is 9.59 Å². The highest BCUT2D eigenvalue weighted by molar-refractivity contribution is 6.39. The maximum absolute atomic E-state index is 11.9. The van der Waals surface area contributed by atoms with E-state index in [1.807, 2.05) is 25.1 Å². The number of aromatic amines is 1. The highest BCUT2D eigenvalue weighted by atomic mass is 16.3. The molecule has 0 saturated heterocycles. The lowest BCUT2D eigenvalue weighted by molar-refractivity contribution is -0.136. The van der Waals surface area contributed by atoms with Crippen molar-refractivity contribution in [2.24, 2.45) is 0 Å². The van der Waals surface area contributed by atoms with E-state index >= 15 is 0 Å². The minimum absolute atomic E-state index is 0.0719. The standard InChI is InChI=1S/C16H21N3O3/c1-10(4-3-7-20)18-15(21)16(22)19-13-5-6-14-12(9-13)8-11(2)17-14/h5-6,8-10,17,20H,3-4,7H2,1-2H3,(H,18,21)(H,19,22). The number of carbonyl (C=O) groups is 2. The van der Waals surface area contributed by atoms with Gasteiger partial charge in [-0.25, -0.2) is 0 Å². The summed E-state index contributed by atoms with van der Waals surface area (Å²) in [6.07, 6.45) is 1.22. The van der Waals surface area contributed by atoms with Crippen molar-refractivity contribution in [2.45, 2.75) is 32.7 Å². The minimum Gasteiger partial charge on any atom is -0.396 e. The zero-order chi connectivity index (χ0) is 16.1. The third-order valence-electron chi connectivity index (χ3n) is 3.39. The van der Waals surface area contributed by atoms with Crippen LogP contribution in [0.1, 0.15) is 25.5 Å². The molecule has 0 aliphatic carbocycles. The van der Waals surface area contributed by atoms with Gasteiger partial charge in [0.05, 0.1) is 0 Å². The van der Waals surface area contributed by atoms with Gasteiger partial charge < -0.3 is 20.7 Å². The van der Waals surface area contributed by atoms with Gasteiger partial charge in [0.1, 0.15) is 0 Å². The normalized spacial score (nSPS) is 12.1. The van der Waals surface area contributed by atoms with Gasteiger partial charge in [-0.05, 0) is 51.0 Å². The number of carbonyl (C=O) groups excluding carboxylic acids is 2. The number of amides is 2. The molecule has 0 aliphatic heterocycles. The van der Waals surface area contributed by atoms with E-state index in [2.05, 4.69) is 15.6 Å². The van der Waals surface area contributed by atoms with E-state index in [0.29, 0.717) is 18.5 Å². The summed E-state index contributed by atoms with van der Waals surface area (Å²) in [6.45, 7) is 3.83. The number of anilines is 1. The first-order chi connectivity index (χ1) is 10.5. The third kappa shape index (κ3) is 4.08. The number of nitrogens with one attached hydrogen (secondary N) is 3. The molecule has 118 valence electrons. The summed E-state index contributed by atoms with van der Waals surface area (Å²) < 4.78 is 0. The summed E-state index contributed by atoms with van der Waals surface area (Å²) in [7, 11) is 0. The molecule has 0 radical (unpaired) electrons. The van der Waals surface area contributed by atoms with Crippen LogP contribution < -0.4 is 10.6 Å². The molecule has 0 fully saturated rings. The molecule has 1 aromatic heterocycles. The highest BCUT2D eigenvalue weighted by Gasteiger charge is 2.16. The molecule has 22 heavy (non-hydrogen) atoms. The molecule has 2 amide bonds. The number of fused-ring (bicyclic) bond motifs is 1. The van der Waals surface area contributed by atoms with Crippen LogP contribution in [0.25, 0.3) is 10.9 Å². The number of benzene rings is 1. The van der Waals surface area contributed by atoms with Crippen molar-refractivity contribution in [1.29, 1.82) is 0 Å². The van der Waals surface area contributed by atoms with Gasteiger partial charge in [0, 0.05) is 34.9 Å². The molecule has 1 heterocycles. The number of hydrogen-bond donors (Lipinski definition) is 4. The number of aryl methyl sites for hydroxylation is 1. The lowest BCUT2D eigenvalue weighted by Crippen LogP contribution is -2.40. The van der Waals surface area contributed by atoms with Gasteiger partial charge >= 0.3 is 11.8 Å². The van der Waals surface area contributed by atoms with E-state index < -0.39 is 11.8 Å². The summed E-state index contributed by atoms with van der Waals surface area (Å²) in [5, 5.41) is 14.9. The molecule has 1 atom stereocenters. The van der Waals surface area contributed by atoms with Crippen LogP contribution in [0, 0.1) is 6.92 Å². The number of aromatic nitrogens is 1. The first kappa shape index (κ1) is 16.0. The molecule has 0 saturated carbocycles. The van der Waals surface area contributed by atoms with Crippen LogP contribution in [-0.4, -0.2) is 34.6 Å². The number of aliphatic hydroxyl groups excluding tert-OH is 1. The van der Waals surface area contributed by atoms with Gasteiger partial charge in [0.15, 0.2) is 0 Å². The number of H-pyrrole nitrogens is 1. The van der Waals surface area contributed by atoms with Crippen molar-refractivity contribution in [1.82, 2.24) is 10.3 Å². The zero-order valence-electron chi connectivity index (χ0n) is 12.8. The van der Waals surface area contributed by atoms with Crippen LogP contribution in [0.3, 0.4) is 0 Å². The first-order valence-corrected chi connectivity index (χ1v) is 7.31. The van der Waals surface area contributed by atoms with E-state index in [1.54, 1.807) is 13.0 Å². The molecule has 4 N–H and O–H groups in total. The predicted octanol–water partition coefficient (Wildman–Crippen LogP) is 1.69. The van der Waals surface area contributed by atoms with Crippen LogP contribution >= 0.6 is 0 Å². The van der Waals surface area contributed by atoms with E-state index in [0.717, 1.165) is 16.6 Å². The number of aliphatic hydroxyl groups is 1. The smallest absolute Gasteiger partial charge is 0.313 e. The van der Waals surface area contributed by atoms with Gasteiger partial charge in [0.2, 0.25) is 0 Å². The maximum atomic E-state index is 11.9. The van der Waals surface area contributed by atoms with E-state index in [9.17, 15) is 9.59 Å². The van der Waals surface area contributed by atoms with Crippen molar-refractivity contribution in [3.8, 4) is 0 Å². The van der Waals surface area contributed by atoms with Crippen LogP contribution in [0.5, 0.6) is 0 Å². The first-order valence-electron chi connectivity index (χ1n) is 7.31. The Bertz CT molecular complexity index is 678. The minimum atomic E-state index is -0.692. The Balaban J connectivity index is 1.96.